The predicted molar refractivity (Wildman–Crippen MR) is 52.8 cm³/mol. The highest BCUT2D eigenvalue weighted by molar-refractivity contribution is 5.21. The second-order valence-electron chi connectivity index (χ2n) is 3.32. The largest absolute Gasteiger partial charge is 0.324 e. The highest BCUT2D eigenvalue weighted by Gasteiger charge is 2.06. The molecule has 0 saturated heterocycles. The second-order valence-corrected chi connectivity index (χ2v) is 3.32. The van der Waals surface area contributed by atoms with Gasteiger partial charge in [0.15, 0.2) is 0 Å². The molecule has 0 saturated carbocycles. The Balaban J connectivity index is 2.76. The summed E-state index contributed by atoms with van der Waals surface area (Å²) in [7, 11) is 0. The Labute approximate surface area is 78.1 Å². The van der Waals surface area contributed by atoms with E-state index in [0.29, 0.717) is 6.42 Å². The smallest absolute Gasteiger partial charge is 0.123 e. The normalized spacial score (nSPS) is 12.5. The Morgan fingerprint density at radius 1 is 1.62 bits per heavy atom. The van der Waals surface area contributed by atoms with Crippen LogP contribution in [0, 0.1) is 5.82 Å². The average molecular weight is 179 g/mol. The molecule has 1 aromatic carbocycles. The van der Waals surface area contributed by atoms with Gasteiger partial charge in [0.25, 0.3) is 0 Å². The molecule has 1 atom stereocenters. The van der Waals surface area contributed by atoms with E-state index >= 15 is 0 Å². The topological polar surface area (TPSA) is 26.0 Å². The van der Waals surface area contributed by atoms with Crippen LogP contribution in [0.4, 0.5) is 4.39 Å². The molecule has 0 radical (unpaired) electrons. The molecular weight excluding hydrogens is 165 g/mol. The zero-order valence-electron chi connectivity index (χ0n) is 7.76. The van der Waals surface area contributed by atoms with Crippen LogP contribution in [0.25, 0.3) is 0 Å². The third-order valence-electron chi connectivity index (χ3n) is 1.85. The van der Waals surface area contributed by atoms with Gasteiger partial charge < -0.3 is 5.73 Å². The highest BCUT2D eigenvalue weighted by atomic mass is 19.1. The van der Waals surface area contributed by atoms with Gasteiger partial charge in [-0.05, 0) is 31.0 Å². The van der Waals surface area contributed by atoms with Crippen molar-refractivity contribution in [2.45, 2.75) is 19.4 Å². The zero-order valence-corrected chi connectivity index (χ0v) is 7.76. The second kappa shape index (κ2) is 4.19. The van der Waals surface area contributed by atoms with Crippen LogP contribution in [0.15, 0.2) is 36.4 Å². The molecule has 0 fully saturated rings. The average Bonchev–Trinajstić information content (AvgIpc) is 2.03. The van der Waals surface area contributed by atoms with Gasteiger partial charge in [-0.25, -0.2) is 4.39 Å². The van der Waals surface area contributed by atoms with Crippen LogP contribution >= 0.6 is 0 Å². The SMILES string of the molecule is C=C(C)C[C@H](N)c1cccc(F)c1. The van der Waals surface area contributed by atoms with Crippen LogP contribution in [0.1, 0.15) is 24.9 Å². The van der Waals surface area contributed by atoms with Gasteiger partial charge in [0.1, 0.15) is 5.82 Å². The van der Waals surface area contributed by atoms with Gasteiger partial charge >= 0.3 is 0 Å². The molecule has 0 aliphatic carbocycles. The zero-order chi connectivity index (χ0) is 9.84. The third kappa shape index (κ3) is 2.99. The summed E-state index contributed by atoms with van der Waals surface area (Å²) in [4.78, 5) is 0. The molecule has 1 nitrogen and oxygen atoms in total. The first-order valence-electron chi connectivity index (χ1n) is 4.25. The molecule has 2 N–H and O–H groups in total. The monoisotopic (exact) mass is 179 g/mol. The lowest BCUT2D eigenvalue weighted by atomic mass is 10.0. The van der Waals surface area contributed by atoms with Crippen molar-refractivity contribution in [2.75, 3.05) is 0 Å². The fraction of sp³-hybridized carbons (Fsp3) is 0.273. The summed E-state index contributed by atoms with van der Waals surface area (Å²) < 4.78 is 12.8. The molecule has 0 aliphatic rings. The summed E-state index contributed by atoms with van der Waals surface area (Å²) in [6.45, 7) is 5.69. The molecular formula is C11H14FN. The fourth-order valence-corrected chi connectivity index (χ4v) is 1.23. The lowest BCUT2D eigenvalue weighted by molar-refractivity contribution is 0.618. The van der Waals surface area contributed by atoms with E-state index in [1.807, 2.05) is 13.0 Å². The van der Waals surface area contributed by atoms with Crippen LogP contribution in [0.2, 0.25) is 0 Å². The summed E-state index contributed by atoms with van der Waals surface area (Å²) >= 11 is 0. The lowest BCUT2D eigenvalue weighted by Gasteiger charge is -2.11. The van der Waals surface area contributed by atoms with Gasteiger partial charge in [-0.2, -0.15) is 0 Å². The van der Waals surface area contributed by atoms with Crippen LogP contribution in [-0.2, 0) is 0 Å². The lowest BCUT2D eigenvalue weighted by Crippen LogP contribution is -2.10. The van der Waals surface area contributed by atoms with Crippen molar-refractivity contribution in [1.82, 2.24) is 0 Å². The summed E-state index contributed by atoms with van der Waals surface area (Å²) in [6, 6.07) is 6.23. The number of hydrogen-bond acceptors (Lipinski definition) is 1. The first-order valence-corrected chi connectivity index (χ1v) is 4.25. The van der Waals surface area contributed by atoms with Crippen molar-refractivity contribution in [1.29, 1.82) is 0 Å². The molecule has 0 amide bonds. The van der Waals surface area contributed by atoms with E-state index in [4.69, 9.17) is 5.73 Å². The number of halogens is 1. The first kappa shape index (κ1) is 9.93. The Hall–Kier alpha value is -1.15. The van der Waals surface area contributed by atoms with Crippen molar-refractivity contribution in [3.05, 3.63) is 47.8 Å². The van der Waals surface area contributed by atoms with Crippen molar-refractivity contribution in [2.24, 2.45) is 5.73 Å². The summed E-state index contributed by atoms with van der Waals surface area (Å²) in [5, 5.41) is 0. The number of nitrogens with two attached hydrogens (primary N) is 1. The molecule has 2 heteroatoms. The maximum Gasteiger partial charge on any atom is 0.123 e. The first-order chi connectivity index (χ1) is 6.09. The van der Waals surface area contributed by atoms with Crippen molar-refractivity contribution >= 4 is 0 Å². The van der Waals surface area contributed by atoms with Gasteiger partial charge in [-0.3, -0.25) is 0 Å². The molecule has 0 aromatic heterocycles. The van der Waals surface area contributed by atoms with E-state index in [0.717, 1.165) is 11.1 Å². The van der Waals surface area contributed by atoms with E-state index in [2.05, 4.69) is 6.58 Å². The number of benzene rings is 1. The summed E-state index contributed by atoms with van der Waals surface area (Å²) in [5.41, 5.74) is 7.67. The highest BCUT2D eigenvalue weighted by Crippen LogP contribution is 2.17. The molecule has 0 unspecified atom stereocenters. The van der Waals surface area contributed by atoms with E-state index < -0.39 is 0 Å². The van der Waals surface area contributed by atoms with E-state index in [-0.39, 0.29) is 11.9 Å². The van der Waals surface area contributed by atoms with Crippen LogP contribution in [0.5, 0.6) is 0 Å². The van der Waals surface area contributed by atoms with E-state index in [1.54, 1.807) is 6.07 Å². The van der Waals surface area contributed by atoms with Crippen molar-refractivity contribution < 1.29 is 4.39 Å². The maximum atomic E-state index is 12.8. The minimum atomic E-state index is -0.241. The molecule has 13 heavy (non-hydrogen) atoms. The summed E-state index contributed by atoms with van der Waals surface area (Å²) in [6.07, 6.45) is 0.698. The van der Waals surface area contributed by atoms with Gasteiger partial charge in [0.2, 0.25) is 0 Å². The summed E-state index contributed by atoms with van der Waals surface area (Å²) in [5.74, 6) is -0.241. The van der Waals surface area contributed by atoms with Gasteiger partial charge in [-0.1, -0.05) is 17.7 Å². The standard InChI is InChI=1S/C11H14FN/c1-8(2)6-11(13)9-4-3-5-10(12)7-9/h3-5,7,11H,1,6,13H2,2H3/t11-/m0/s1. The minimum absolute atomic E-state index is 0.145. The fourth-order valence-electron chi connectivity index (χ4n) is 1.23. The van der Waals surface area contributed by atoms with Gasteiger partial charge in [0, 0.05) is 6.04 Å². The Kier molecular flexibility index (Phi) is 3.20. The molecule has 0 heterocycles. The molecule has 70 valence electrons. The van der Waals surface area contributed by atoms with Crippen LogP contribution in [0.3, 0.4) is 0 Å². The third-order valence-corrected chi connectivity index (χ3v) is 1.85. The van der Waals surface area contributed by atoms with Crippen molar-refractivity contribution in [3.8, 4) is 0 Å². The van der Waals surface area contributed by atoms with Crippen LogP contribution in [-0.4, -0.2) is 0 Å². The molecule has 1 rings (SSSR count). The number of rotatable bonds is 3. The van der Waals surface area contributed by atoms with E-state index in [1.165, 1.54) is 12.1 Å². The number of hydrogen-bond donors (Lipinski definition) is 1. The molecule has 0 bridgehead atoms. The van der Waals surface area contributed by atoms with Gasteiger partial charge in [0.05, 0.1) is 0 Å². The predicted octanol–water partition coefficient (Wildman–Crippen LogP) is 2.79. The Morgan fingerprint density at radius 2 is 2.31 bits per heavy atom. The van der Waals surface area contributed by atoms with Crippen molar-refractivity contribution in [3.63, 3.8) is 0 Å². The molecule has 0 spiro atoms. The van der Waals surface area contributed by atoms with Crippen LogP contribution < -0.4 is 5.73 Å². The Morgan fingerprint density at radius 3 is 2.85 bits per heavy atom. The minimum Gasteiger partial charge on any atom is -0.324 e. The van der Waals surface area contributed by atoms with Gasteiger partial charge in [-0.15, -0.1) is 6.58 Å². The molecule has 1 aromatic rings. The van der Waals surface area contributed by atoms with E-state index in [9.17, 15) is 4.39 Å². The quantitative estimate of drug-likeness (QED) is 0.709. The maximum absolute atomic E-state index is 12.8. The molecule has 0 aliphatic heterocycles. The Bertz CT molecular complexity index is 307.